The lowest BCUT2D eigenvalue weighted by Crippen LogP contribution is -2.40. The van der Waals surface area contributed by atoms with Crippen molar-refractivity contribution in [1.82, 2.24) is 14.9 Å². The molecule has 0 saturated heterocycles. The van der Waals surface area contributed by atoms with Gasteiger partial charge in [0.1, 0.15) is 0 Å². The molecule has 0 bridgehead atoms. The summed E-state index contributed by atoms with van der Waals surface area (Å²) in [4.78, 5) is 12.0. The second kappa shape index (κ2) is 5.61. The molecule has 2 aromatic heterocycles. The number of amides is 1. The van der Waals surface area contributed by atoms with Crippen LogP contribution in [0.4, 0.5) is 0 Å². The molecule has 1 atom stereocenters. The zero-order valence-corrected chi connectivity index (χ0v) is 10.0. The highest BCUT2D eigenvalue weighted by molar-refractivity contribution is 6.00. The lowest BCUT2D eigenvalue weighted by molar-refractivity contribution is 0.0841. The number of methoxy groups -OCH3 is 1. The van der Waals surface area contributed by atoms with Gasteiger partial charge in [0.2, 0.25) is 0 Å². The molecule has 0 spiro atoms. The molecule has 6 nitrogen and oxygen atoms in total. The minimum Gasteiger partial charge on any atom is -0.394 e. The standard InChI is InChI=1S/C12H15N3O3/c1-18-8-9(7-16)14-12(17)10-6-13-15-5-3-2-4-11(10)15/h2-6,9,16H,7-8H2,1H3,(H,14,17). The average molecular weight is 249 g/mol. The summed E-state index contributed by atoms with van der Waals surface area (Å²) in [6.45, 7) is 0.0975. The van der Waals surface area contributed by atoms with E-state index in [-0.39, 0.29) is 19.1 Å². The van der Waals surface area contributed by atoms with E-state index in [2.05, 4.69) is 10.4 Å². The molecule has 1 amide bonds. The molecule has 1 unspecified atom stereocenters. The molecule has 0 radical (unpaired) electrons. The van der Waals surface area contributed by atoms with Crippen LogP contribution in [-0.2, 0) is 4.74 Å². The van der Waals surface area contributed by atoms with Crippen LogP contribution in [0.2, 0.25) is 0 Å². The first-order valence-electron chi connectivity index (χ1n) is 5.59. The van der Waals surface area contributed by atoms with Gasteiger partial charge in [0, 0.05) is 13.3 Å². The highest BCUT2D eigenvalue weighted by Gasteiger charge is 2.16. The SMILES string of the molecule is COCC(CO)NC(=O)c1cnn2ccccc12. The predicted molar refractivity (Wildman–Crippen MR) is 65.4 cm³/mol. The van der Waals surface area contributed by atoms with Crippen molar-refractivity contribution in [2.45, 2.75) is 6.04 Å². The second-order valence-corrected chi connectivity index (χ2v) is 3.90. The highest BCUT2D eigenvalue weighted by Crippen LogP contribution is 2.09. The number of ether oxygens (including phenoxy) is 1. The smallest absolute Gasteiger partial charge is 0.255 e. The first-order valence-corrected chi connectivity index (χ1v) is 5.59. The number of aromatic nitrogens is 2. The molecule has 2 rings (SSSR count). The molecule has 18 heavy (non-hydrogen) atoms. The minimum atomic E-state index is -0.416. The van der Waals surface area contributed by atoms with Crippen molar-refractivity contribution in [2.75, 3.05) is 20.3 Å². The van der Waals surface area contributed by atoms with Crippen LogP contribution < -0.4 is 5.32 Å². The van der Waals surface area contributed by atoms with Gasteiger partial charge in [-0.1, -0.05) is 6.07 Å². The monoisotopic (exact) mass is 249 g/mol. The van der Waals surface area contributed by atoms with Crippen LogP contribution in [0.25, 0.3) is 5.52 Å². The van der Waals surface area contributed by atoms with Crippen LogP contribution in [0.15, 0.2) is 30.6 Å². The van der Waals surface area contributed by atoms with E-state index in [1.165, 1.54) is 13.3 Å². The average Bonchev–Trinajstić information content (AvgIpc) is 2.82. The maximum Gasteiger partial charge on any atom is 0.255 e. The topological polar surface area (TPSA) is 75.9 Å². The van der Waals surface area contributed by atoms with Crippen LogP contribution in [-0.4, -0.2) is 47.0 Å². The van der Waals surface area contributed by atoms with Crippen LogP contribution in [0.3, 0.4) is 0 Å². The van der Waals surface area contributed by atoms with Crippen molar-refractivity contribution < 1.29 is 14.6 Å². The van der Waals surface area contributed by atoms with Crippen molar-refractivity contribution >= 4 is 11.4 Å². The van der Waals surface area contributed by atoms with Crippen LogP contribution in [0, 0.1) is 0 Å². The first-order chi connectivity index (χ1) is 8.76. The van der Waals surface area contributed by atoms with Crippen LogP contribution >= 0.6 is 0 Å². The number of carbonyl (C=O) groups excluding carboxylic acids is 1. The Bertz CT molecular complexity index is 538. The largest absolute Gasteiger partial charge is 0.394 e. The molecule has 0 aliphatic carbocycles. The van der Waals surface area contributed by atoms with Gasteiger partial charge in [-0.25, -0.2) is 4.52 Å². The number of aliphatic hydroxyl groups excluding tert-OH is 1. The number of fused-ring (bicyclic) bond motifs is 1. The van der Waals surface area contributed by atoms with Crippen molar-refractivity contribution in [3.05, 3.63) is 36.2 Å². The lowest BCUT2D eigenvalue weighted by Gasteiger charge is -2.14. The van der Waals surface area contributed by atoms with Gasteiger partial charge in [-0.3, -0.25) is 4.79 Å². The van der Waals surface area contributed by atoms with Gasteiger partial charge in [0.15, 0.2) is 0 Å². The quantitative estimate of drug-likeness (QED) is 0.786. The van der Waals surface area contributed by atoms with E-state index in [0.29, 0.717) is 5.56 Å². The summed E-state index contributed by atoms with van der Waals surface area (Å²) in [5.41, 5.74) is 1.20. The third-order valence-corrected chi connectivity index (χ3v) is 2.59. The summed E-state index contributed by atoms with van der Waals surface area (Å²) in [6.07, 6.45) is 3.27. The van der Waals surface area contributed by atoms with Crippen molar-refractivity contribution in [3.63, 3.8) is 0 Å². The third-order valence-electron chi connectivity index (χ3n) is 2.59. The van der Waals surface area contributed by atoms with E-state index < -0.39 is 6.04 Å². The summed E-state index contributed by atoms with van der Waals surface area (Å²) < 4.78 is 6.53. The molecular formula is C12H15N3O3. The predicted octanol–water partition coefficient (Wildman–Crippen LogP) is 0.0714. The first kappa shape index (κ1) is 12.5. The highest BCUT2D eigenvalue weighted by atomic mass is 16.5. The number of pyridine rings is 1. The molecular weight excluding hydrogens is 234 g/mol. The third kappa shape index (κ3) is 2.49. The van der Waals surface area contributed by atoms with Gasteiger partial charge >= 0.3 is 0 Å². The number of rotatable bonds is 5. The molecule has 6 heteroatoms. The molecule has 96 valence electrons. The number of carbonyl (C=O) groups is 1. The number of hydrogen-bond donors (Lipinski definition) is 2. The van der Waals surface area contributed by atoms with Crippen molar-refractivity contribution in [1.29, 1.82) is 0 Å². The Hall–Kier alpha value is -1.92. The Morgan fingerprint density at radius 1 is 1.61 bits per heavy atom. The Morgan fingerprint density at radius 2 is 2.44 bits per heavy atom. The molecule has 0 aromatic carbocycles. The number of aliphatic hydroxyl groups is 1. The van der Waals surface area contributed by atoms with Gasteiger partial charge in [0.25, 0.3) is 5.91 Å². The van der Waals surface area contributed by atoms with Crippen LogP contribution in [0.1, 0.15) is 10.4 Å². The fourth-order valence-corrected chi connectivity index (χ4v) is 1.71. The van der Waals surface area contributed by atoms with Gasteiger partial charge in [-0.05, 0) is 12.1 Å². The van der Waals surface area contributed by atoms with E-state index >= 15 is 0 Å². The van der Waals surface area contributed by atoms with E-state index in [0.717, 1.165) is 5.52 Å². The molecule has 2 N–H and O–H groups in total. The number of nitrogens with one attached hydrogen (secondary N) is 1. The van der Waals surface area contributed by atoms with Gasteiger partial charge < -0.3 is 15.2 Å². The zero-order chi connectivity index (χ0) is 13.0. The molecule has 0 saturated carbocycles. The maximum absolute atomic E-state index is 12.0. The van der Waals surface area contributed by atoms with E-state index in [1.807, 2.05) is 18.2 Å². The molecule has 2 heterocycles. The Labute approximate surface area is 104 Å². The normalized spacial score (nSPS) is 12.6. The van der Waals surface area contributed by atoms with Crippen molar-refractivity contribution in [2.24, 2.45) is 0 Å². The molecule has 0 aliphatic rings. The summed E-state index contributed by atoms with van der Waals surface area (Å²) in [6, 6.07) is 5.07. The Balaban J connectivity index is 2.18. The summed E-state index contributed by atoms with van der Waals surface area (Å²) in [7, 11) is 1.52. The molecule has 2 aromatic rings. The lowest BCUT2D eigenvalue weighted by atomic mass is 10.2. The number of nitrogens with zero attached hydrogens (tertiary/aromatic N) is 2. The zero-order valence-electron chi connectivity index (χ0n) is 10.0. The Kier molecular flexibility index (Phi) is 3.91. The number of hydrogen-bond acceptors (Lipinski definition) is 4. The van der Waals surface area contributed by atoms with E-state index in [1.54, 1.807) is 10.7 Å². The van der Waals surface area contributed by atoms with Crippen molar-refractivity contribution in [3.8, 4) is 0 Å². The second-order valence-electron chi connectivity index (χ2n) is 3.90. The molecule has 0 aliphatic heterocycles. The van der Waals surface area contributed by atoms with E-state index in [4.69, 9.17) is 9.84 Å². The summed E-state index contributed by atoms with van der Waals surface area (Å²) >= 11 is 0. The van der Waals surface area contributed by atoms with Gasteiger partial charge in [0.05, 0.1) is 36.5 Å². The van der Waals surface area contributed by atoms with E-state index in [9.17, 15) is 4.79 Å². The summed E-state index contributed by atoms with van der Waals surface area (Å²) in [5, 5.41) is 15.9. The fraction of sp³-hybridized carbons (Fsp3) is 0.333. The Morgan fingerprint density at radius 3 is 3.17 bits per heavy atom. The van der Waals surface area contributed by atoms with Gasteiger partial charge in [-0.15, -0.1) is 0 Å². The molecule has 0 fully saturated rings. The minimum absolute atomic E-state index is 0.168. The fourth-order valence-electron chi connectivity index (χ4n) is 1.71. The summed E-state index contributed by atoms with van der Waals surface area (Å²) in [5.74, 6) is -0.271. The van der Waals surface area contributed by atoms with Gasteiger partial charge in [-0.2, -0.15) is 5.10 Å². The maximum atomic E-state index is 12.0. The van der Waals surface area contributed by atoms with Crippen LogP contribution in [0.5, 0.6) is 0 Å².